The summed E-state index contributed by atoms with van der Waals surface area (Å²) in [6.45, 7) is 0.236. The third-order valence-electron chi connectivity index (χ3n) is 5.75. The molecule has 2 aromatic heterocycles. The smallest absolute Gasteiger partial charge is 0.271 e. The Bertz CT molecular complexity index is 1390. The minimum Gasteiger partial charge on any atom is -0.383 e. The Hall–Kier alpha value is -3.92. The number of amides is 1. The molecule has 34 heavy (non-hydrogen) atoms. The van der Waals surface area contributed by atoms with Gasteiger partial charge in [-0.1, -0.05) is 18.2 Å². The number of unbranched alkanes of at least 4 members (excludes halogenated alkanes) is 1. The van der Waals surface area contributed by atoms with Crippen LogP contribution in [0.2, 0.25) is 0 Å². The predicted molar refractivity (Wildman–Crippen MR) is 125 cm³/mol. The molecule has 0 radical (unpaired) electrons. The number of carbonyl (C=O) groups excluding carboxylic acids is 2. The number of pyridine rings is 1. The third kappa shape index (κ3) is 4.32. The zero-order valence-corrected chi connectivity index (χ0v) is 18.8. The van der Waals surface area contributed by atoms with Crippen molar-refractivity contribution in [1.29, 1.82) is 0 Å². The number of aldehydes is 1. The molecule has 2 aromatic carbocycles. The maximum absolute atomic E-state index is 15.2. The van der Waals surface area contributed by atoms with E-state index in [1.807, 2.05) is 0 Å². The Kier molecular flexibility index (Phi) is 6.51. The van der Waals surface area contributed by atoms with Gasteiger partial charge in [0.1, 0.15) is 23.7 Å². The lowest BCUT2D eigenvalue weighted by atomic mass is 10.1. The number of rotatable bonds is 8. The molecule has 2 N–H and O–H groups in total. The summed E-state index contributed by atoms with van der Waals surface area (Å²) in [5.74, 6) is -1.68. The summed E-state index contributed by atoms with van der Waals surface area (Å²) in [6.07, 6.45) is 3.15. The third-order valence-corrected chi connectivity index (χ3v) is 5.75. The molecule has 0 saturated carbocycles. The topological polar surface area (TPSA) is 97.3 Å². The molecule has 0 aliphatic heterocycles. The fraction of sp³-hybridized carbons (Fsp3) is 0.250. The fourth-order valence-corrected chi connectivity index (χ4v) is 3.94. The second-order valence-corrected chi connectivity index (χ2v) is 8.02. The summed E-state index contributed by atoms with van der Waals surface area (Å²) in [5, 5.41) is 8.16. The average Bonchev–Trinajstić information content (AvgIpc) is 3.20. The number of fused-ring (bicyclic) bond motifs is 3. The van der Waals surface area contributed by atoms with Crippen LogP contribution in [0.5, 0.6) is 0 Å². The van der Waals surface area contributed by atoms with Gasteiger partial charge in [0.2, 0.25) is 0 Å². The Morgan fingerprint density at radius 3 is 2.68 bits per heavy atom. The van der Waals surface area contributed by atoms with Crippen LogP contribution in [0.25, 0.3) is 21.8 Å². The number of hydrogen-bond acceptors (Lipinski definition) is 6. The van der Waals surface area contributed by atoms with Crippen LogP contribution in [0, 0.1) is 11.6 Å². The van der Waals surface area contributed by atoms with E-state index in [-0.39, 0.29) is 23.5 Å². The van der Waals surface area contributed by atoms with E-state index in [1.165, 1.54) is 23.2 Å². The minimum absolute atomic E-state index is 0.109. The highest BCUT2D eigenvalue weighted by atomic mass is 19.1. The first-order valence-electron chi connectivity index (χ1n) is 10.7. The van der Waals surface area contributed by atoms with Gasteiger partial charge in [-0.2, -0.15) is 5.10 Å². The molecule has 0 saturated heterocycles. The summed E-state index contributed by atoms with van der Waals surface area (Å²) in [4.78, 5) is 28.6. The molecule has 4 rings (SSSR count). The van der Waals surface area contributed by atoms with E-state index in [9.17, 15) is 14.0 Å². The molecule has 0 aliphatic carbocycles. The van der Waals surface area contributed by atoms with Gasteiger partial charge in [-0.25, -0.2) is 18.8 Å². The molecule has 0 bridgehead atoms. The largest absolute Gasteiger partial charge is 0.383 e. The standard InChI is InChI=1S/C24H24F2N6O2/c1-30(9-5-6-10-33)32(14-15-7-3-4-8-19(15)25)24(34)16-11-17-21(12-20(16)26)29-23(27)18-13-28-31(2)22(17)18/h3-4,7-8,10-13H,5-6,9,14H2,1-2H3,(H2,27,29). The predicted octanol–water partition coefficient (Wildman–Crippen LogP) is 3.45. The van der Waals surface area contributed by atoms with E-state index in [0.717, 1.165) is 6.29 Å². The summed E-state index contributed by atoms with van der Waals surface area (Å²) < 4.78 is 31.2. The van der Waals surface area contributed by atoms with Gasteiger partial charge in [-0.3, -0.25) is 14.5 Å². The molecule has 0 unspecified atom stereocenters. The van der Waals surface area contributed by atoms with E-state index in [1.54, 1.807) is 48.2 Å². The number of carbonyl (C=O) groups is 2. The monoisotopic (exact) mass is 466 g/mol. The number of benzene rings is 2. The number of aromatic nitrogens is 3. The summed E-state index contributed by atoms with van der Waals surface area (Å²) in [5.41, 5.74) is 7.00. The molecular weight excluding hydrogens is 442 g/mol. The Morgan fingerprint density at radius 1 is 1.18 bits per heavy atom. The Labute approximate surface area is 194 Å². The van der Waals surface area contributed by atoms with Gasteiger partial charge in [-0.15, -0.1) is 0 Å². The number of hydrogen-bond donors (Lipinski definition) is 1. The summed E-state index contributed by atoms with van der Waals surface area (Å²) in [6, 6.07) is 8.68. The van der Waals surface area contributed by atoms with E-state index >= 15 is 4.39 Å². The van der Waals surface area contributed by atoms with Crippen LogP contribution in [-0.4, -0.2) is 50.6 Å². The maximum Gasteiger partial charge on any atom is 0.271 e. The summed E-state index contributed by atoms with van der Waals surface area (Å²) in [7, 11) is 3.36. The Balaban J connectivity index is 1.80. The Morgan fingerprint density at radius 2 is 1.94 bits per heavy atom. The molecule has 0 fully saturated rings. The van der Waals surface area contributed by atoms with Gasteiger partial charge in [0, 0.05) is 44.1 Å². The molecule has 8 nitrogen and oxygen atoms in total. The van der Waals surface area contributed by atoms with Crippen LogP contribution in [0.15, 0.2) is 42.6 Å². The molecule has 2 heterocycles. The van der Waals surface area contributed by atoms with Crippen molar-refractivity contribution >= 4 is 39.8 Å². The van der Waals surface area contributed by atoms with Crippen LogP contribution in [-0.2, 0) is 18.4 Å². The van der Waals surface area contributed by atoms with Gasteiger partial charge >= 0.3 is 0 Å². The molecule has 0 spiro atoms. The molecular formula is C24H24F2N6O2. The highest BCUT2D eigenvalue weighted by Crippen LogP contribution is 2.30. The highest BCUT2D eigenvalue weighted by molar-refractivity contribution is 6.10. The van der Waals surface area contributed by atoms with E-state index < -0.39 is 17.5 Å². The van der Waals surface area contributed by atoms with Crippen molar-refractivity contribution in [3.05, 3.63) is 65.4 Å². The number of nitrogens with zero attached hydrogens (tertiary/aromatic N) is 5. The summed E-state index contributed by atoms with van der Waals surface area (Å²) >= 11 is 0. The first-order chi connectivity index (χ1) is 16.3. The van der Waals surface area contributed by atoms with Crippen molar-refractivity contribution in [3.8, 4) is 0 Å². The number of anilines is 1. The van der Waals surface area contributed by atoms with Crippen LogP contribution in [0.1, 0.15) is 28.8 Å². The molecule has 0 atom stereocenters. The first-order valence-corrected chi connectivity index (χ1v) is 10.7. The van der Waals surface area contributed by atoms with Crippen LogP contribution in [0.4, 0.5) is 14.6 Å². The lowest BCUT2D eigenvalue weighted by Crippen LogP contribution is -2.44. The number of aryl methyl sites for hydroxylation is 1. The maximum atomic E-state index is 15.2. The van der Waals surface area contributed by atoms with Gasteiger partial charge in [-0.05, 0) is 18.6 Å². The van der Waals surface area contributed by atoms with E-state index in [2.05, 4.69) is 10.1 Å². The number of hydrazine groups is 1. The van der Waals surface area contributed by atoms with Gasteiger partial charge < -0.3 is 10.5 Å². The van der Waals surface area contributed by atoms with Gasteiger partial charge in [0.05, 0.1) is 34.7 Å². The molecule has 1 amide bonds. The van der Waals surface area contributed by atoms with Crippen LogP contribution in [0.3, 0.4) is 0 Å². The van der Waals surface area contributed by atoms with Crippen molar-refractivity contribution in [2.45, 2.75) is 19.4 Å². The number of nitrogen functional groups attached to an aromatic ring is 1. The second-order valence-electron chi connectivity index (χ2n) is 8.02. The number of nitrogens with two attached hydrogens (primary N) is 1. The zero-order valence-electron chi connectivity index (χ0n) is 18.8. The molecule has 176 valence electrons. The minimum atomic E-state index is -0.772. The van der Waals surface area contributed by atoms with Crippen molar-refractivity contribution < 1.29 is 18.4 Å². The molecule has 10 heteroatoms. The fourth-order valence-electron chi connectivity index (χ4n) is 3.94. The lowest BCUT2D eigenvalue weighted by Gasteiger charge is -2.32. The van der Waals surface area contributed by atoms with E-state index in [4.69, 9.17) is 5.73 Å². The van der Waals surface area contributed by atoms with Crippen LogP contribution < -0.4 is 5.73 Å². The number of halogens is 2. The normalized spacial score (nSPS) is 11.4. The zero-order chi connectivity index (χ0) is 24.4. The SMILES string of the molecule is CN(CCCC=O)N(Cc1ccccc1F)C(=O)c1cc2c(cc1F)nc(N)c1cnn(C)c12. The van der Waals surface area contributed by atoms with Crippen molar-refractivity contribution in [1.82, 2.24) is 24.8 Å². The molecule has 4 aromatic rings. The van der Waals surface area contributed by atoms with Crippen molar-refractivity contribution in [2.24, 2.45) is 7.05 Å². The van der Waals surface area contributed by atoms with E-state index in [0.29, 0.717) is 41.2 Å². The quantitative estimate of drug-likeness (QED) is 0.243. The van der Waals surface area contributed by atoms with Gasteiger partial charge in [0.15, 0.2) is 0 Å². The van der Waals surface area contributed by atoms with Crippen molar-refractivity contribution in [3.63, 3.8) is 0 Å². The van der Waals surface area contributed by atoms with Gasteiger partial charge in [0.25, 0.3) is 5.91 Å². The second kappa shape index (κ2) is 9.52. The highest BCUT2D eigenvalue weighted by Gasteiger charge is 2.26. The lowest BCUT2D eigenvalue weighted by molar-refractivity contribution is -0.108. The van der Waals surface area contributed by atoms with Crippen molar-refractivity contribution in [2.75, 3.05) is 19.3 Å². The first kappa shape index (κ1) is 23.2. The molecule has 0 aliphatic rings. The average molecular weight is 466 g/mol. The van der Waals surface area contributed by atoms with Crippen LogP contribution >= 0.6 is 0 Å².